The smallest absolute Gasteiger partial charge is 0.343 e. The van der Waals surface area contributed by atoms with Gasteiger partial charge in [0.05, 0.1) is 12.7 Å². The number of hydrogen-bond donors (Lipinski definition) is 0. The van der Waals surface area contributed by atoms with E-state index in [0.717, 1.165) is 11.8 Å². The van der Waals surface area contributed by atoms with Crippen LogP contribution in [-0.4, -0.2) is 19.4 Å². The Hall–Kier alpha value is -3.60. The van der Waals surface area contributed by atoms with E-state index in [1.54, 1.807) is 43.5 Å². The largest absolute Gasteiger partial charge is 0.493 e. The van der Waals surface area contributed by atoms with Gasteiger partial charge in [0.15, 0.2) is 11.5 Å². The van der Waals surface area contributed by atoms with E-state index < -0.39 is 5.97 Å². The first-order valence-corrected chi connectivity index (χ1v) is 8.32. The van der Waals surface area contributed by atoms with Gasteiger partial charge in [-0.1, -0.05) is 24.3 Å². The quantitative estimate of drug-likeness (QED) is 0.356. The average molecular weight is 362 g/mol. The van der Waals surface area contributed by atoms with E-state index in [9.17, 15) is 9.59 Å². The third-order valence-corrected chi connectivity index (χ3v) is 3.88. The molecule has 0 atom stereocenters. The fourth-order valence-corrected chi connectivity index (χ4v) is 2.42. The van der Waals surface area contributed by atoms with E-state index in [2.05, 4.69) is 0 Å². The van der Waals surface area contributed by atoms with Gasteiger partial charge in [-0.25, -0.2) is 4.79 Å². The van der Waals surface area contributed by atoms with Crippen molar-refractivity contribution in [2.75, 3.05) is 7.11 Å². The number of carbonyl (C=O) groups is 2. The van der Waals surface area contributed by atoms with Crippen molar-refractivity contribution >= 4 is 12.3 Å². The molecule has 0 heterocycles. The molecule has 0 saturated heterocycles. The first kappa shape index (κ1) is 18.2. The van der Waals surface area contributed by atoms with Crippen molar-refractivity contribution in [1.29, 1.82) is 0 Å². The third kappa shape index (κ3) is 4.73. The summed E-state index contributed by atoms with van der Waals surface area (Å²) in [7, 11) is 1.59. The van der Waals surface area contributed by atoms with Gasteiger partial charge in [-0.3, -0.25) is 4.79 Å². The molecule has 0 aliphatic rings. The Kier molecular flexibility index (Phi) is 5.84. The summed E-state index contributed by atoms with van der Waals surface area (Å²) in [5.41, 5.74) is 1.86. The van der Waals surface area contributed by atoms with E-state index in [-0.39, 0.29) is 0 Å². The molecule has 5 nitrogen and oxygen atoms in total. The number of carbonyl (C=O) groups excluding carboxylic acids is 2. The molecule has 0 aromatic heterocycles. The van der Waals surface area contributed by atoms with Crippen molar-refractivity contribution < 1.29 is 23.8 Å². The van der Waals surface area contributed by atoms with Gasteiger partial charge in [-0.15, -0.1) is 0 Å². The first-order valence-electron chi connectivity index (χ1n) is 8.32. The standard InChI is InChI=1S/C22H18O5/c1-25-20-4-2-3-5-21(20)26-15-17-6-10-18(11-7-17)22(24)27-19-12-8-16(14-23)9-13-19/h2-14H,15H2,1H3. The minimum Gasteiger partial charge on any atom is -0.493 e. The Balaban J connectivity index is 1.60. The lowest BCUT2D eigenvalue weighted by Crippen LogP contribution is -2.08. The van der Waals surface area contributed by atoms with Gasteiger partial charge in [0.25, 0.3) is 0 Å². The summed E-state index contributed by atoms with van der Waals surface area (Å²) in [6, 6.07) is 20.7. The summed E-state index contributed by atoms with van der Waals surface area (Å²) in [6.07, 6.45) is 0.734. The molecule has 0 aliphatic heterocycles. The molecule has 3 rings (SSSR count). The highest BCUT2D eigenvalue weighted by Crippen LogP contribution is 2.26. The van der Waals surface area contributed by atoms with Crippen LogP contribution < -0.4 is 14.2 Å². The number of esters is 1. The van der Waals surface area contributed by atoms with E-state index in [4.69, 9.17) is 14.2 Å². The monoisotopic (exact) mass is 362 g/mol. The highest BCUT2D eigenvalue weighted by molar-refractivity contribution is 5.91. The number of aldehydes is 1. The molecule has 0 amide bonds. The summed E-state index contributed by atoms with van der Waals surface area (Å²) < 4.78 is 16.3. The first-order chi connectivity index (χ1) is 13.2. The number of benzene rings is 3. The molecule has 0 N–H and O–H groups in total. The molecule has 5 heteroatoms. The predicted molar refractivity (Wildman–Crippen MR) is 101 cm³/mol. The van der Waals surface area contributed by atoms with E-state index in [1.165, 1.54) is 0 Å². The third-order valence-electron chi connectivity index (χ3n) is 3.88. The van der Waals surface area contributed by atoms with Crippen LogP contribution in [-0.2, 0) is 6.61 Å². The van der Waals surface area contributed by atoms with Crippen LogP contribution in [0.3, 0.4) is 0 Å². The van der Waals surface area contributed by atoms with Crippen LogP contribution in [0.25, 0.3) is 0 Å². The van der Waals surface area contributed by atoms with Crippen molar-refractivity contribution in [1.82, 2.24) is 0 Å². The van der Waals surface area contributed by atoms with Crippen molar-refractivity contribution in [3.8, 4) is 17.2 Å². The molecule has 0 aliphatic carbocycles. The van der Waals surface area contributed by atoms with Crippen LogP contribution >= 0.6 is 0 Å². The summed E-state index contributed by atoms with van der Waals surface area (Å²) in [6.45, 7) is 0.350. The maximum absolute atomic E-state index is 12.2. The highest BCUT2D eigenvalue weighted by atomic mass is 16.5. The van der Waals surface area contributed by atoms with Crippen LogP contribution in [0.15, 0.2) is 72.8 Å². The molecule has 0 spiro atoms. The van der Waals surface area contributed by atoms with Gasteiger partial charge in [-0.2, -0.15) is 0 Å². The molecule has 0 unspecified atom stereocenters. The Labute approximate surface area is 157 Å². The fraction of sp³-hybridized carbons (Fsp3) is 0.0909. The molecule has 0 bridgehead atoms. The summed E-state index contributed by atoms with van der Waals surface area (Å²) in [4.78, 5) is 22.9. The molecule has 3 aromatic rings. The topological polar surface area (TPSA) is 61.8 Å². The number of ether oxygens (including phenoxy) is 3. The Morgan fingerprint density at radius 1 is 0.889 bits per heavy atom. The SMILES string of the molecule is COc1ccccc1OCc1ccc(C(=O)Oc2ccc(C=O)cc2)cc1. The highest BCUT2D eigenvalue weighted by Gasteiger charge is 2.09. The number of rotatable bonds is 7. The molecule has 0 fully saturated rings. The van der Waals surface area contributed by atoms with Gasteiger partial charge >= 0.3 is 5.97 Å². The molecule has 3 aromatic carbocycles. The van der Waals surface area contributed by atoms with Crippen LogP contribution in [0.1, 0.15) is 26.3 Å². The second kappa shape index (κ2) is 8.67. The lowest BCUT2D eigenvalue weighted by molar-refractivity contribution is 0.0734. The average Bonchev–Trinajstić information content (AvgIpc) is 2.73. The predicted octanol–water partition coefficient (Wildman–Crippen LogP) is 4.31. The van der Waals surface area contributed by atoms with Crippen molar-refractivity contribution in [2.45, 2.75) is 6.61 Å². The van der Waals surface area contributed by atoms with E-state index >= 15 is 0 Å². The maximum Gasteiger partial charge on any atom is 0.343 e. The molecular formula is C22H18O5. The molecule has 0 radical (unpaired) electrons. The lowest BCUT2D eigenvalue weighted by Gasteiger charge is -2.10. The van der Waals surface area contributed by atoms with Gasteiger partial charge in [0, 0.05) is 5.56 Å². The number of methoxy groups -OCH3 is 1. The molecule has 27 heavy (non-hydrogen) atoms. The number of para-hydroxylation sites is 2. The molecule has 136 valence electrons. The van der Waals surface area contributed by atoms with Gasteiger partial charge in [0.1, 0.15) is 18.6 Å². The van der Waals surface area contributed by atoms with Crippen molar-refractivity contribution in [3.63, 3.8) is 0 Å². The summed E-state index contributed by atoms with van der Waals surface area (Å²) in [5.74, 6) is 1.24. The van der Waals surface area contributed by atoms with Crippen LogP contribution in [0, 0.1) is 0 Å². The van der Waals surface area contributed by atoms with Gasteiger partial charge in [-0.05, 0) is 54.1 Å². The second-order valence-electron chi connectivity index (χ2n) is 5.71. The Bertz CT molecular complexity index is 914. The minimum atomic E-state index is -0.467. The van der Waals surface area contributed by atoms with Crippen molar-refractivity contribution in [2.24, 2.45) is 0 Å². The normalized spacial score (nSPS) is 10.1. The molecular weight excluding hydrogens is 344 g/mol. The van der Waals surface area contributed by atoms with Gasteiger partial charge in [0.2, 0.25) is 0 Å². The van der Waals surface area contributed by atoms with Crippen LogP contribution in [0.4, 0.5) is 0 Å². The zero-order chi connectivity index (χ0) is 19.1. The Morgan fingerprint density at radius 3 is 2.19 bits per heavy atom. The lowest BCUT2D eigenvalue weighted by atomic mass is 10.1. The summed E-state index contributed by atoms with van der Waals surface area (Å²) >= 11 is 0. The van der Waals surface area contributed by atoms with Crippen molar-refractivity contribution in [3.05, 3.63) is 89.5 Å². The second-order valence-corrected chi connectivity index (χ2v) is 5.71. The maximum atomic E-state index is 12.2. The fourth-order valence-electron chi connectivity index (χ4n) is 2.42. The van der Waals surface area contributed by atoms with Crippen LogP contribution in [0.5, 0.6) is 17.2 Å². The molecule has 0 saturated carbocycles. The van der Waals surface area contributed by atoms with E-state index in [1.807, 2.05) is 36.4 Å². The number of hydrogen-bond acceptors (Lipinski definition) is 5. The minimum absolute atomic E-state index is 0.350. The zero-order valence-electron chi connectivity index (χ0n) is 14.8. The Morgan fingerprint density at radius 2 is 1.56 bits per heavy atom. The van der Waals surface area contributed by atoms with Gasteiger partial charge < -0.3 is 14.2 Å². The van der Waals surface area contributed by atoms with E-state index in [0.29, 0.717) is 35.0 Å². The van der Waals surface area contributed by atoms with Crippen LogP contribution in [0.2, 0.25) is 0 Å². The zero-order valence-corrected chi connectivity index (χ0v) is 14.8. The summed E-state index contributed by atoms with van der Waals surface area (Å²) in [5, 5.41) is 0.